The Kier molecular flexibility index (Phi) is 9.10. The second-order valence-corrected chi connectivity index (χ2v) is 6.39. The fourth-order valence-corrected chi connectivity index (χ4v) is 2.41. The molecule has 3 unspecified atom stereocenters. The van der Waals surface area contributed by atoms with E-state index >= 15 is 0 Å². The maximum Gasteiger partial charge on any atom is 0.330 e. The zero-order chi connectivity index (χ0) is 21.6. The summed E-state index contributed by atoms with van der Waals surface area (Å²) in [6.07, 6.45) is -5.30. The van der Waals surface area contributed by atoms with Crippen LogP contribution >= 0.6 is 0 Å². The molecule has 2 heterocycles. The summed E-state index contributed by atoms with van der Waals surface area (Å²) in [5.74, 6) is -0.648. The van der Waals surface area contributed by atoms with E-state index < -0.39 is 60.4 Å². The lowest BCUT2D eigenvalue weighted by molar-refractivity contribution is -0.137. The van der Waals surface area contributed by atoms with Crippen molar-refractivity contribution >= 4 is 5.78 Å². The lowest BCUT2D eigenvalue weighted by Crippen LogP contribution is -2.42. The van der Waals surface area contributed by atoms with Gasteiger partial charge in [0, 0.05) is 18.2 Å². The molecule has 0 aliphatic carbocycles. The summed E-state index contributed by atoms with van der Waals surface area (Å²) in [6.45, 7) is 1.65. The van der Waals surface area contributed by atoms with E-state index in [1.165, 1.54) is 10.8 Å². The number of rotatable bonds is 6. The van der Waals surface area contributed by atoms with Gasteiger partial charge >= 0.3 is 5.69 Å². The summed E-state index contributed by atoms with van der Waals surface area (Å²) in [5, 5.41) is 53.2. The Morgan fingerprint density at radius 3 is 2.39 bits per heavy atom. The first-order chi connectivity index (χ1) is 13.0. The van der Waals surface area contributed by atoms with Crippen LogP contribution in [-0.4, -0.2) is 89.7 Å². The van der Waals surface area contributed by atoms with Gasteiger partial charge in [0.1, 0.15) is 30.6 Å². The zero-order valence-corrected chi connectivity index (χ0v) is 15.4. The first kappa shape index (κ1) is 24.1. The normalized spacial score (nSPS) is 24.8. The zero-order valence-electron chi connectivity index (χ0n) is 15.4. The molecule has 0 radical (unpaired) electrons. The number of hydrogen-bond donors (Lipinski definition) is 7. The van der Waals surface area contributed by atoms with E-state index in [0.717, 1.165) is 6.92 Å². The molecule has 6 atom stereocenters. The highest BCUT2D eigenvalue weighted by atomic mass is 16.5. The third-order valence-corrected chi connectivity index (χ3v) is 4.16. The Hall–Kier alpha value is -1.93. The summed E-state index contributed by atoms with van der Waals surface area (Å²) in [6, 6.07) is 0. The number of Topliss-reactive ketones (excluding diaryl/α,β-unsaturated/α-hetero) is 1. The topological polar surface area (TPSA) is 203 Å². The highest BCUT2D eigenvalue weighted by Crippen LogP contribution is 2.27. The smallest absolute Gasteiger partial charge is 0.330 e. The fourth-order valence-electron chi connectivity index (χ4n) is 2.41. The lowest BCUT2D eigenvalue weighted by Gasteiger charge is -2.18. The number of aromatic amines is 1. The summed E-state index contributed by atoms with van der Waals surface area (Å²) in [7, 11) is 0. The number of nitrogens with zero attached hydrogens (tertiary/aromatic N) is 1. The predicted molar refractivity (Wildman–Crippen MR) is 93.5 cm³/mol. The number of aliphatic hydroxyl groups is 6. The largest absolute Gasteiger partial charge is 0.394 e. The van der Waals surface area contributed by atoms with E-state index in [1.807, 2.05) is 0 Å². The summed E-state index contributed by atoms with van der Waals surface area (Å²) >= 11 is 0. The van der Waals surface area contributed by atoms with Crippen LogP contribution in [0.5, 0.6) is 0 Å². The van der Waals surface area contributed by atoms with Crippen LogP contribution < -0.4 is 11.2 Å². The highest BCUT2D eigenvalue weighted by molar-refractivity contribution is 5.80. The third-order valence-electron chi connectivity index (χ3n) is 4.16. The number of aliphatic hydroxyl groups excluding tert-OH is 6. The summed E-state index contributed by atoms with van der Waals surface area (Å²) in [4.78, 5) is 35.3. The highest BCUT2D eigenvalue weighted by Gasteiger charge is 2.35. The molecule has 0 spiro atoms. The Labute approximate surface area is 159 Å². The van der Waals surface area contributed by atoms with Crippen LogP contribution in [0.2, 0.25) is 0 Å². The minimum Gasteiger partial charge on any atom is -0.394 e. The molecular formula is C16H26N2O10. The van der Waals surface area contributed by atoms with Gasteiger partial charge in [0.25, 0.3) is 5.56 Å². The van der Waals surface area contributed by atoms with Crippen molar-refractivity contribution in [1.29, 1.82) is 0 Å². The van der Waals surface area contributed by atoms with Crippen molar-refractivity contribution < 1.29 is 40.2 Å². The molecule has 1 aliphatic heterocycles. The van der Waals surface area contributed by atoms with Gasteiger partial charge in [-0.15, -0.1) is 0 Å². The van der Waals surface area contributed by atoms with E-state index in [9.17, 15) is 19.5 Å². The molecule has 0 aromatic carbocycles. The van der Waals surface area contributed by atoms with Gasteiger partial charge in [-0.25, -0.2) is 4.79 Å². The van der Waals surface area contributed by atoms with E-state index in [4.69, 9.17) is 30.3 Å². The molecule has 1 fully saturated rings. The number of hydrogen-bond acceptors (Lipinski definition) is 10. The van der Waals surface area contributed by atoms with E-state index in [1.54, 1.807) is 6.92 Å². The number of ether oxygens (including phenoxy) is 1. The second kappa shape index (κ2) is 10.6. The van der Waals surface area contributed by atoms with Crippen molar-refractivity contribution in [2.75, 3.05) is 13.2 Å². The Morgan fingerprint density at radius 2 is 1.93 bits per heavy atom. The second-order valence-electron chi connectivity index (χ2n) is 6.39. The Balaban J connectivity index is 0.000000311. The van der Waals surface area contributed by atoms with Crippen LogP contribution in [-0.2, 0) is 9.53 Å². The summed E-state index contributed by atoms with van der Waals surface area (Å²) in [5.41, 5.74) is -0.643. The molecule has 2 rings (SSSR count). The summed E-state index contributed by atoms with van der Waals surface area (Å²) < 4.78 is 6.54. The van der Waals surface area contributed by atoms with Crippen molar-refractivity contribution in [3.8, 4) is 0 Å². The quantitative estimate of drug-likeness (QED) is 0.245. The van der Waals surface area contributed by atoms with Crippen LogP contribution in [0.4, 0.5) is 0 Å². The third kappa shape index (κ3) is 6.04. The number of nitrogens with one attached hydrogen (secondary N) is 1. The molecular weight excluding hydrogens is 380 g/mol. The van der Waals surface area contributed by atoms with E-state index in [-0.39, 0.29) is 13.0 Å². The standard InChI is InChI=1S/C10H14N2O5.C6H12O5/c1-5-3-12(10(16)11-9(5)15)8-2-6(14)7(4-13)17-8;1-3(8)5(10)6(11)4(9)2-7/h3,6-8,13-14H,2,4H2,1H3,(H,11,15,16);4-7,9-11H,2H2,1H3/t6-,7+,8+;/m0./s1. The van der Waals surface area contributed by atoms with Crippen LogP contribution in [0.1, 0.15) is 25.1 Å². The Bertz CT molecular complexity index is 761. The van der Waals surface area contributed by atoms with Crippen molar-refractivity contribution in [2.24, 2.45) is 0 Å². The first-order valence-corrected chi connectivity index (χ1v) is 8.45. The van der Waals surface area contributed by atoms with Crippen molar-refractivity contribution in [1.82, 2.24) is 9.55 Å². The van der Waals surface area contributed by atoms with Crippen molar-refractivity contribution in [3.63, 3.8) is 0 Å². The maximum atomic E-state index is 11.6. The monoisotopic (exact) mass is 406 g/mol. The van der Waals surface area contributed by atoms with Crippen molar-refractivity contribution in [2.45, 2.75) is 57.0 Å². The molecule has 1 saturated heterocycles. The Morgan fingerprint density at radius 1 is 1.32 bits per heavy atom. The fraction of sp³-hybridized carbons (Fsp3) is 0.688. The first-order valence-electron chi connectivity index (χ1n) is 8.45. The van der Waals surface area contributed by atoms with E-state index in [0.29, 0.717) is 5.56 Å². The van der Waals surface area contributed by atoms with Gasteiger partial charge < -0.3 is 35.4 Å². The van der Waals surface area contributed by atoms with Gasteiger partial charge in [-0.3, -0.25) is 19.1 Å². The lowest BCUT2D eigenvalue weighted by atomic mass is 10.1. The van der Waals surface area contributed by atoms with Gasteiger partial charge in [0.2, 0.25) is 0 Å². The molecule has 0 saturated carbocycles. The maximum absolute atomic E-state index is 11.6. The molecule has 1 aromatic heterocycles. The minimum atomic E-state index is -1.63. The average Bonchev–Trinajstić information content (AvgIpc) is 3.03. The van der Waals surface area contributed by atoms with Gasteiger partial charge in [-0.05, 0) is 13.8 Å². The molecule has 12 nitrogen and oxygen atoms in total. The molecule has 7 N–H and O–H groups in total. The number of aryl methyl sites for hydroxylation is 1. The van der Waals surface area contributed by atoms with Crippen LogP contribution in [0.3, 0.4) is 0 Å². The number of carbonyl (C=O) groups excluding carboxylic acids is 1. The molecule has 0 bridgehead atoms. The molecule has 28 heavy (non-hydrogen) atoms. The molecule has 12 heteroatoms. The molecule has 160 valence electrons. The number of carbonyl (C=O) groups is 1. The number of H-pyrrole nitrogens is 1. The number of aromatic nitrogens is 2. The van der Waals surface area contributed by atoms with Crippen LogP contribution in [0.25, 0.3) is 0 Å². The van der Waals surface area contributed by atoms with Gasteiger partial charge in [-0.1, -0.05) is 0 Å². The van der Waals surface area contributed by atoms with E-state index in [2.05, 4.69) is 4.98 Å². The van der Waals surface area contributed by atoms with Gasteiger partial charge in [0.15, 0.2) is 5.78 Å². The van der Waals surface area contributed by atoms with Crippen LogP contribution in [0.15, 0.2) is 15.8 Å². The average molecular weight is 406 g/mol. The van der Waals surface area contributed by atoms with Crippen molar-refractivity contribution in [3.05, 3.63) is 32.6 Å². The van der Waals surface area contributed by atoms with Gasteiger partial charge in [0.05, 0.1) is 19.3 Å². The molecule has 1 aliphatic rings. The van der Waals surface area contributed by atoms with Gasteiger partial charge in [-0.2, -0.15) is 0 Å². The SMILES string of the molecule is CC(=O)C(O)C(O)C(O)CO.Cc1cn([C@H]2C[C@H](O)[C@@H](CO)O2)c(=O)[nH]c1=O. The molecule has 1 aromatic rings. The predicted octanol–water partition coefficient (Wildman–Crippen LogP) is -3.86. The van der Waals surface area contributed by atoms with Crippen LogP contribution in [0, 0.1) is 6.92 Å². The molecule has 0 amide bonds. The number of ketones is 1. The minimum absolute atomic E-state index is 0.205.